The standard InChI is InChI=1S/C48H34N4O/c1-48(2)38-20-11-9-18-36(38)44-39(48)21-13-22-42(44)50(34-26-24-32(25-27-34)31-14-5-3-6-15-31)35-28-29-41-40(30-35)49-47-51(33-16-7-4-8-17-33)46-45(52(41)47)37-19-10-12-23-43(37)53-46/h3-30H,1-2H3. The highest BCUT2D eigenvalue weighted by Gasteiger charge is 2.37. The SMILES string of the molecule is CC1(C)c2ccccc2-c2c(N(c3ccc(-c4ccccc4)cc3)c3ccc4c(c3)nc3n(-c5ccccc5)c5oc6ccccc6c5n43)cccc21. The minimum absolute atomic E-state index is 0.120. The Morgan fingerprint density at radius 1 is 0.604 bits per heavy atom. The van der Waals surface area contributed by atoms with Crippen LogP contribution in [0.2, 0.25) is 0 Å². The summed E-state index contributed by atoms with van der Waals surface area (Å²) in [7, 11) is 0. The van der Waals surface area contributed by atoms with E-state index in [1.807, 2.05) is 18.2 Å². The molecular weight excluding hydrogens is 649 g/mol. The Labute approximate surface area is 306 Å². The van der Waals surface area contributed by atoms with Gasteiger partial charge >= 0.3 is 0 Å². The summed E-state index contributed by atoms with van der Waals surface area (Å²) in [5.74, 6) is 0.817. The highest BCUT2D eigenvalue weighted by Crippen LogP contribution is 2.54. The quantitative estimate of drug-likeness (QED) is 0.181. The number of anilines is 3. The maximum Gasteiger partial charge on any atom is 0.232 e. The topological polar surface area (TPSA) is 38.6 Å². The molecule has 5 heteroatoms. The Morgan fingerprint density at radius 2 is 1.28 bits per heavy atom. The smallest absolute Gasteiger partial charge is 0.232 e. The summed E-state index contributed by atoms with van der Waals surface area (Å²) in [6, 6.07) is 60.5. The predicted octanol–water partition coefficient (Wildman–Crippen LogP) is 12.6. The maximum atomic E-state index is 6.53. The average molecular weight is 683 g/mol. The van der Waals surface area contributed by atoms with E-state index >= 15 is 0 Å². The van der Waals surface area contributed by atoms with Crippen molar-refractivity contribution >= 4 is 56.1 Å². The summed E-state index contributed by atoms with van der Waals surface area (Å²) in [5, 5.41) is 1.06. The van der Waals surface area contributed by atoms with Gasteiger partial charge in [-0.25, -0.2) is 9.55 Å². The monoisotopic (exact) mass is 682 g/mol. The lowest BCUT2D eigenvalue weighted by Gasteiger charge is -2.29. The molecule has 0 saturated carbocycles. The van der Waals surface area contributed by atoms with E-state index in [9.17, 15) is 0 Å². The van der Waals surface area contributed by atoms with Gasteiger partial charge in [0.15, 0.2) is 0 Å². The summed E-state index contributed by atoms with van der Waals surface area (Å²) in [6.07, 6.45) is 0. The predicted molar refractivity (Wildman–Crippen MR) is 217 cm³/mol. The van der Waals surface area contributed by atoms with Crippen molar-refractivity contribution in [2.75, 3.05) is 4.90 Å². The maximum absolute atomic E-state index is 6.53. The van der Waals surface area contributed by atoms with Crippen molar-refractivity contribution in [2.24, 2.45) is 0 Å². The number of benzene rings is 7. The van der Waals surface area contributed by atoms with Crippen LogP contribution >= 0.6 is 0 Å². The van der Waals surface area contributed by atoms with Crippen LogP contribution in [-0.4, -0.2) is 14.0 Å². The molecule has 3 aromatic heterocycles. The third-order valence-electron chi connectivity index (χ3n) is 11.1. The second-order valence-corrected chi connectivity index (χ2v) is 14.5. The second kappa shape index (κ2) is 11.1. The zero-order valence-electron chi connectivity index (χ0n) is 29.4. The van der Waals surface area contributed by atoms with Crippen LogP contribution in [0.3, 0.4) is 0 Å². The van der Waals surface area contributed by atoms with Gasteiger partial charge in [-0.15, -0.1) is 0 Å². The minimum Gasteiger partial charge on any atom is -0.437 e. The molecule has 0 saturated heterocycles. The Bertz CT molecular complexity index is 3020. The lowest BCUT2D eigenvalue weighted by Crippen LogP contribution is -2.16. The summed E-state index contributed by atoms with van der Waals surface area (Å²) in [4.78, 5) is 7.77. The Hall–Kier alpha value is -6.85. The zero-order valence-corrected chi connectivity index (χ0v) is 29.4. The first-order chi connectivity index (χ1) is 26.1. The largest absolute Gasteiger partial charge is 0.437 e. The molecule has 10 aromatic rings. The number of nitrogens with zero attached hydrogens (tertiary/aromatic N) is 4. The molecule has 0 N–H and O–H groups in total. The van der Waals surface area contributed by atoms with Crippen LogP contribution in [0.5, 0.6) is 0 Å². The third kappa shape index (κ3) is 4.28. The van der Waals surface area contributed by atoms with Gasteiger partial charge in [-0.2, -0.15) is 0 Å². The molecule has 3 heterocycles. The molecule has 0 spiro atoms. The van der Waals surface area contributed by atoms with Crippen molar-refractivity contribution in [2.45, 2.75) is 19.3 Å². The van der Waals surface area contributed by atoms with Gasteiger partial charge in [0.1, 0.15) is 11.1 Å². The summed E-state index contributed by atoms with van der Waals surface area (Å²) in [6.45, 7) is 4.68. The minimum atomic E-state index is -0.120. The molecule has 5 nitrogen and oxygen atoms in total. The van der Waals surface area contributed by atoms with Crippen molar-refractivity contribution in [3.63, 3.8) is 0 Å². The van der Waals surface area contributed by atoms with Gasteiger partial charge in [0, 0.05) is 27.7 Å². The fourth-order valence-electron chi connectivity index (χ4n) is 8.64. The van der Waals surface area contributed by atoms with Gasteiger partial charge in [-0.1, -0.05) is 123 Å². The van der Waals surface area contributed by atoms with Crippen molar-refractivity contribution < 1.29 is 4.42 Å². The number of aromatic nitrogens is 3. The molecular formula is C48H34N4O. The first-order valence-corrected chi connectivity index (χ1v) is 18.1. The Morgan fingerprint density at radius 3 is 2.11 bits per heavy atom. The first kappa shape index (κ1) is 29.8. The van der Waals surface area contributed by atoms with Gasteiger partial charge in [0.25, 0.3) is 0 Å². The van der Waals surface area contributed by atoms with Crippen LogP contribution in [0, 0.1) is 0 Å². The third-order valence-corrected chi connectivity index (χ3v) is 11.1. The number of rotatable bonds is 5. The highest BCUT2D eigenvalue weighted by molar-refractivity contribution is 6.07. The van der Waals surface area contributed by atoms with E-state index in [-0.39, 0.29) is 5.41 Å². The van der Waals surface area contributed by atoms with Crippen LogP contribution in [0.4, 0.5) is 17.1 Å². The molecule has 1 aliphatic carbocycles. The molecule has 11 rings (SSSR count). The van der Waals surface area contributed by atoms with E-state index in [1.54, 1.807) is 0 Å². The van der Waals surface area contributed by atoms with E-state index < -0.39 is 0 Å². The van der Waals surface area contributed by atoms with Crippen molar-refractivity contribution in [3.8, 4) is 27.9 Å². The number of para-hydroxylation sites is 2. The van der Waals surface area contributed by atoms with Gasteiger partial charge in [0.2, 0.25) is 11.5 Å². The van der Waals surface area contributed by atoms with E-state index in [2.05, 4.69) is 179 Å². The molecule has 0 amide bonds. The number of imidazole rings is 2. The summed E-state index contributed by atoms with van der Waals surface area (Å²) in [5.41, 5.74) is 16.4. The molecule has 252 valence electrons. The molecule has 1 aliphatic rings. The van der Waals surface area contributed by atoms with Crippen LogP contribution in [0.1, 0.15) is 25.0 Å². The van der Waals surface area contributed by atoms with E-state index in [0.29, 0.717) is 0 Å². The van der Waals surface area contributed by atoms with Gasteiger partial charge in [-0.3, -0.25) is 4.40 Å². The summed E-state index contributed by atoms with van der Waals surface area (Å²) >= 11 is 0. The Kier molecular flexibility index (Phi) is 6.23. The lowest BCUT2D eigenvalue weighted by atomic mass is 9.82. The fourth-order valence-corrected chi connectivity index (χ4v) is 8.64. The van der Waals surface area contributed by atoms with E-state index in [4.69, 9.17) is 9.40 Å². The van der Waals surface area contributed by atoms with Crippen molar-refractivity contribution in [1.29, 1.82) is 0 Å². The molecule has 0 radical (unpaired) electrons. The van der Waals surface area contributed by atoms with Crippen LogP contribution in [0.15, 0.2) is 174 Å². The van der Waals surface area contributed by atoms with Crippen molar-refractivity contribution in [1.82, 2.24) is 14.0 Å². The Balaban J connectivity index is 1.17. The number of hydrogen-bond donors (Lipinski definition) is 0. The number of furan rings is 1. The van der Waals surface area contributed by atoms with E-state index in [1.165, 1.54) is 33.4 Å². The first-order valence-electron chi connectivity index (χ1n) is 18.1. The molecule has 0 aliphatic heterocycles. The highest BCUT2D eigenvalue weighted by atomic mass is 16.3. The number of hydrogen-bond acceptors (Lipinski definition) is 3. The van der Waals surface area contributed by atoms with Crippen LogP contribution in [0.25, 0.3) is 67.0 Å². The van der Waals surface area contributed by atoms with Gasteiger partial charge in [0.05, 0.1) is 22.4 Å². The molecule has 0 bridgehead atoms. The summed E-state index contributed by atoms with van der Waals surface area (Å²) < 4.78 is 10.9. The molecule has 0 unspecified atom stereocenters. The second-order valence-electron chi connectivity index (χ2n) is 14.5. The average Bonchev–Trinajstić information content (AvgIpc) is 3.91. The molecule has 7 aromatic carbocycles. The lowest BCUT2D eigenvalue weighted by molar-refractivity contribution is 0.645. The fraction of sp³-hybridized carbons (Fsp3) is 0.0625. The van der Waals surface area contributed by atoms with Gasteiger partial charge < -0.3 is 9.32 Å². The normalized spacial score (nSPS) is 13.2. The van der Waals surface area contributed by atoms with E-state index in [0.717, 1.165) is 61.8 Å². The molecule has 0 atom stereocenters. The van der Waals surface area contributed by atoms with Crippen LogP contribution in [-0.2, 0) is 5.41 Å². The number of fused-ring (bicyclic) bond motifs is 10. The van der Waals surface area contributed by atoms with Crippen LogP contribution < -0.4 is 4.90 Å². The molecule has 53 heavy (non-hydrogen) atoms. The molecule has 0 fully saturated rings. The van der Waals surface area contributed by atoms with Gasteiger partial charge in [-0.05, 0) is 88.5 Å². The zero-order chi connectivity index (χ0) is 35.3. The van der Waals surface area contributed by atoms with Crippen molar-refractivity contribution in [3.05, 3.63) is 181 Å².